The molecule has 8 heavy (non-hydrogen) atoms. The van der Waals surface area contributed by atoms with Crippen molar-refractivity contribution in [1.29, 1.82) is 0 Å². The molecule has 0 aliphatic carbocycles. The van der Waals surface area contributed by atoms with Crippen molar-refractivity contribution >= 4 is 0 Å². The van der Waals surface area contributed by atoms with Crippen molar-refractivity contribution in [3.8, 4) is 0 Å². The van der Waals surface area contributed by atoms with Crippen LogP contribution in [-0.4, -0.2) is 0 Å². The molecule has 44 valence electrons. The second-order valence-corrected chi connectivity index (χ2v) is 1.44. The lowest BCUT2D eigenvalue weighted by Gasteiger charge is -1.87. The number of hydrogen-bond acceptors (Lipinski definition) is 0. The molecule has 1 heteroatoms. The fourth-order valence-electron chi connectivity index (χ4n) is 0.258. The molecule has 0 aliphatic heterocycles. The molecule has 0 atom stereocenters. The highest BCUT2D eigenvalue weighted by Gasteiger charge is 1.87. The van der Waals surface area contributed by atoms with Crippen LogP contribution in [0.3, 0.4) is 0 Å². The van der Waals surface area contributed by atoms with Crippen LogP contribution >= 0.6 is 0 Å². The normalized spacial score (nSPS) is 12.2. The molecule has 0 nitrogen and oxygen atoms in total. The summed E-state index contributed by atoms with van der Waals surface area (Å²) in [5.41, 5.74) is 0.528. The molecule has 0 aliphatic rings. The largest absolute Gasteiger partial charge is 0.207 e. The SMILES string of the molecule is C=CC(C)=C(F)C=C. The average molecular weight is 112 g/mol. The van der Waals surface area contributed by atoms with Gasteiger partial charge in [-0.1, -0.05) is 19.2 Å². The van der Waals surface area contributed by atoms with Gasteiger partial charge < -0.3 is 0 Å². The van der Waals surface area contributed by atoms with Gasteiger partial charge in [-0.2, -0.15) is 0 Å². The zero-order valence-corrected chi connectivity index (χ0v) is 4.95. The van der Waals surface area contributed by atoms with Gasteiger partial charge in [0.05, 0.1) is 0 Å². The minimum absolute atomic E-state index is 0.306. The van der Waals surface area contributed by atoms with Crippen LogP contribution < -0.4 is 0 Å². The van der Waals surface area contributed by atoms with E-state index in [1.165, 1.54) is 6.08 Å². The highest BCUT2D eigenvalue weighted by atomic mass is 19.1. The van der Waals surface area contributed by atoms with E-state index in [4.69, 9.17) is 0 Å². The number of allylic oxidation sites excluding steroid dienone is 4. The molecule has 0 aromatic carbocycles. The first kappa shape index (κ1) is 7.15. The fraction of sp³-hybridized carbons (Fsp3) is 0.143. The fourth-order valence-corrected chi connectivity index (χ4v) is 0.258. The van der Waals surface area contributed by atoms with Crippen molar-refractivity contribution in [1.82, 2.24) is 0 Å². The van der Waals surface area contributed by atoms with E-state index < -0.39 is 0 Å². The van der Waals surface area contributed by atoms with Gasteiger partial charge in [-0.05, 0) is 18.6 Å². The van der Waals surface area contributed by atoms with Crippen LogP contribution in [0.2, 0.25) is 0 Å². The Labute approximate surface area is 49.0 Å². The average Bonchev–Trinajstić information content (AvgIpc) is 1.84. The summed E-state index contributed by atoms with van der Waals surface area (Å²) in [6, 6.07) is 0. The van der Waals surface area contributed by atoms with Gasteiger partial charge in [0.25, 0.3) is 0 Å². The number of halogens is 1. The molecule has 0 saturated carbocycles. The molecule has 0 N–H and O–H groups in total. The second-order valence-electron chi connectivity index (χ2n) is 1.44. The van der Waals surface area contributed by atoms with E-state index in [0.717, 1.165) is 6.08 Å². The van der Waals surface area contributed by atoms with Crippen molar-refractivity contribution in [2.75, 3.05) is 0 Å². The molecule has 0 saturated heterocycles. The summed E-state index contributed by atoms with van der Waals surface area (Å²) >= 11 is 0. The van der Waals surface area contributed by atoms with Gasteiger partial charge in [0.1, 0.15) is 5.83 Å². The predicted molar refractivity (Wildman–Crippen MR) is 34.2 cm³/mol. The highest BCUT2D eigenvalue weighted by Crippen LogP contribution is 2.05. The zero-order valence-electron chi connectivity index (χ0n) is 4.95. The van der Waals surface area contributed by atoms with E-state index in [-0.39, 0.29) is 5.83 Å². The van der Waals surface area contributed by atoms with Crippen LogP contribution in [0.1, 0.15) is 6.92 Å². The van der Waals surface area contributed by atoms with Crippen LogP contribution in [-0.2, 0) is 0 Å². The van der Waals surface area contributed by atoms with Gasteiger partial charge in [0, 0.05) is 0 Å². The lowest BCUT2D eigenvalue weighted by atomic mass is 10.3. The maximum absolute atomic E-state index is 12.2. The Kier molecular flexibility index (Phi) is 2.85. The first-order chi connectivity index (χ1) is 3.72. The van der Waals surface area contributed by atoms with E-state index in [1.807, 2.05) is 0 Å². The molecule has 0 fully saturated rings. The lowest BCUT2D eigenvalue weighted by Crippen LogP contribution is -1.69. The Bertz CT molecular complexity index is 115. The van der Waals surface area contributed by atoms with Crippen LogP contribution in [0.4, 0.5) is 4.39 Å². The van der Waals surface area contributed by atoms with E-state index in [2.05, 4.69) is 13.2 Å². The number of hydrogen-bond donors (Lipinski definition) is 0. The van der Waals surface area contributed by atoms with Crippen LogP contribution in [0.15, 0.2) is 36.7 Å². The standard InChI is InChI=1S/C7H9F/c1-4-6(3)7(8)5-2/h4-5H,1-2H2,3H3. The molecule has 0 amide bonds. The Hall–Kier alpha value is -0.850. The molecule has 0 bridgehead atoms. The zero-order chi connectivity index (χ0) is 6.57. The van der Waals surface area contributed by atoms with Gasteiger partial charge >= 0.3 is 0 Å². The van der Waals surface area contributed by atoms with Crippen molar-refractivity contribution in [3.63, 3.8) is 0 Å². The quantitative estimate of drug-likeness (QED) is 0.481. The van der Waals surface area contributed by atoms with E-state index in [9.17, 15) is 4.39 Å². The Morgan fingerprint density at radius 3 is 2.00 bits per heavy atom. The molecule has 0 aromatic rings. The molecule has 0 unspecified atom stereocenters. The highest BCUT2D eigenvalue weighted by molar-refractivity contribution is 5.23. The van der Waals surface area contributed by atoms with Gasteiger partial charge in [-0.25, -0.2) is 4.39 Å². The maximum Gasteiger partial charge on any atom is 0.125 e. The van der Waals surface area contributed by atoms with Gasteiger partial charge in [-0.15, -0.1) is 0 Å². The minimum atomic E-state index is -0.306. The van der Waals surface area contributed by atoms with Crippen molar-refractivity contribution in [2.45, 2.75) is 6.92 Å². The smallest absolute Gasteiger partial charge is 0.125 e. The summed E-state index contributed by atoms with van der Waals surface area (Å²) in [7, 11) is 0. The van der Waals surface area contributed by atoms with E-state index >= 15 is 0 Å². The summed E-state index contributed by atoms with van der Waals surface area (Å²) in [5.74, 6) is -0.306. The first-order valence-electron chi connectivity index (χ1n) is 2.33. The summed E-state index contributed by atoms with van der Waals surface area (Å²) < 4.78 is 12.2. The van der Waals surface area contributed by atoms with Crippen LogP contribution in [0, 0.1) is 0 Å². The molecular weight excluding hydrogens is 103 g/mol. The summed E-state index contributed by atoms with van der Waals surface area (Å²) in [5, 5.41) is 0. The van der Waals surface area contributed by atoms with E-state index in [1.54, 1.807) is 6.92 Å². The van der Waals surface area contributed by atoms with Crippen molar-refractivity contribution < 1.29 is 4.39 Å². The molecule has 0 radical (unpaired) electrons. The summed E-state index contributed by atoms with van der Waals surface area (Å²) in [6.07, 6.45) is 2.62. The third-order valence-electron chi connectivity index (χ3n) is 0.862. The molecule has 0 aromatic heterocycles. The topological polar surface area (TPSA) is 0 Å². The van der Waals surface area contributed by atoms with Crippen molar-refractivity contribution in [2.24, 2.45) is 0 Å². The predicted octanol–water partition coefficient (Wildman–Crippen LogP) is 2.60. The minimum Gasteiger partial charge on any atom is -0.207 e. The number of rotatable bonds is 2. The first-order valence-corrected chi connectivity index (χ1v) is 2.33. The van der Waals surface area contributed by atoms with Gasteiger partial charge in [0.2, 0.25) is 0 Å². The Morgan fingerprint density at radius 1 is 1.38 bits per heavy atom. The summed E-state index contributed by atoms with van der Waals surface area (Å²) in [4.78, 5) is 0. The summed E-state index contributed by atoms with van der Waals surface area (Å²) in [6.45, 7) is 8.28. The van der Waals surface area contributed by atoms with Crippen LogP contribution in [0.5, 0.6) is 0 Å². The monoisotopic (exact) mass is 112 g/mol. The van der Waals surface area contributed by atoms with Gasteiger partial charge in [-0.3, -0.25) is 0 Å². The third kappa shape index (κ3) is 1.73. The molecule has 0 heterocycles. The third-order valence-corrected chi connectivity index (χ3v) is 0.862. The molecule has 0 rings (SSSR count). The molecule has 0 spiro atoms. The maximum atomic E-state index is 12.2. The van der Waals surface area contributed by atoms with E-state index in [0.29, 0.717) is 5.57 Å². The Morgan fingerprint density at radius 2 is 1.88 bits per heavy atom. The molecular formula is C7H9F. The van der Waals surface area contributed by atoms with Gasteiger partial charge in [0.15, 0.2) is 0 Å². The second kappa shape index (κ2) is 3.19. The van der Waals surface area contributed by atoms with Crippen LogP contribution in [0.25, 0.3) is 0 Å². The lowest BCUT2D eigenvalue weighted by molar-refractivity contribution is 0.659. The van der Waals surface area contributed by atoms with Crippen molar-refractivity contribution in [3.05, 3.63) is 36.7 Å². The Balaban J connectivity index is 4.25.